The molecule has 0 spiro atoms. The van der Waals surface area contributed by atoms with Crippen LogP contribution in [0.1, 0.15) is 27.2 Å². The topological polar surface area (TPSA) is 12.5 Å². The molecule has 11 heavy (non-hydrogen) atoms. The SMILES string of the molecule is CC.CCN(C)C1CCOC1. The smallest absolute Gasteiger partial charge is 0.0622 e. The Labute approximate surface area is 70.5 Å². The van der Waals surface area contributed by atoms with Crippen molar-refractivity contribution in [3.05, 3.63) is 0 Å². The van der Waals surface area contributed by atoms with Gasteiger partial charge < -0.3 is 9.64 Å². The van der Waals surface area contributed by atoms with Crippen LogP contribution in [0.2, 0.25) is 0 Å². The van der Waals surface area contributed by atoms with E-state index in [9.17, 15) is 0 Å². The highest BCUT2D eigenvalue weighted by Gasteiger charge is 2.18. The van der Waals surface area contributed by atoms with Gasteiger partial charge in [-0.25, -0.2) is 0 Å². The van der Waals surface area contributed by atoms with Crippen molar-refractivity contribution >= 4 is 0 Å². The summed E-state index contributed by atoms with van der Waals surface area (Å²) in [6, 6.07) is 0.690. The van der Waals surface area contributed by atoms with Crippen LogP contribution < -0.4 is 0 Å². The highest BCUT2D eigenvalue weighted by Crippen LogP contribution is 2.09. The van der Waals surface area contributed by atoms with Crippen molar-refractivity contribution in [1.29, 1.82) is 0 Å². The second-order valence-electron chi connectivity index (χ2n) is 2.59. The Morgan fingerprint density at radius 2 is 2.09 bits per heavy atom. The molecule has 1 unspecified atom stereocenters. The van der Waals surface area contributed by atoms with E-state index in [1.54, 1.807) is 0 Å². The number of likely N-dealkylation sites (N-methyl/N-ethyl adjacent to an activating group) is 1. The van der Waals surface area contributed by atoms with Crippen molar-refractivity contribution in [3.8, 4) is 0 Å². The second-order valence-corrected chi connectivity index (χ2v) is 2.59. The summed E-state index contributed by atoms with van der Waals surface area (Å²) >= 11 is 0. The summed E-state index contributed by atoms with van der Waals surface area (Å²) in [7, 11) is 2.15. The number of hydrogen-bond donors (Lipinski definition) is 0. The minimum atomic E-state index is 0.690. The number of hydrogen-bond acceptors (Lipinski definition) is 2. The third-order valence-corrected chi connectivity index (χ3v) is 2.03. The molecule has 0 aromatic heterocycles. The summed E-state index contributed by atoms with van der Waals surface area (Å²) in [5.74, 6) is 0. The summed E-state index contributed by atoms with van der Waals surface area (Å²) in [6.07, 6.45) is 1.21. The van der Waals surface area contributed by atoms with Gasteiger partial charge in [-0.05, 0) is 20.0 Å². The maximum absolute atomic E-state index is 5.24. The second kappa shape index (κ2) is 6.62. The zero-order valence-corrected chi connectivity index (χ0v) is 8.26. The normalized spacial score (nSPS) is 23.2. The molecule has 0 aromatic rings. The molecule has 2 nitrogen and oxygen atoms in total. The van der Waals surface area contributed by atoms with Gasteiger partial charge in [-0.15, -0.1) is 0 Å². The van der Waals surface area contributed by atoms with Gasteiger partial charge in [0.2, 0.25) is 0 Å². The predicted molar refractivity (Wildman–Crippen MR) is 48.9 cm³/mol. The first-order valence-corrected chi connectivity index (χ1v) is 4.62. The van der Waals surface area contributed by atoms with Crippen LogP contribution in [0.4, 0.5) is 0 Å². The molecule has 0 N–H and O–H groups in total. The lowest BCUT2D eigenvalue weighted by molar-refractivity contribution is 0.162. The molecule has 1 fully saturated rings. The van der Waals surface area contributed by atoms with Crippen LogP contribution in [0, 0.1) is 0 Å². The quantitative estimate of drug-likeness (QED) is 0.608. The van der Waals surface area contributed by atoms with Crippen LogP contribution >= 0.6 is 0 Å². The monoisotopic (exact) mass is 159 g/mol. The minimum absolute atomic E-state index is 0.690. The number of ether oxygens (including phenoxy) is 1. The Balaban J connectivity index is 0.000000461. The van der Waals surface area contributed by atoms with Crippen molar-refractivity contribution in [2.45, 2.75) is 33.2 Å². The van der Waals surface area contributed by atoms with Gasteiger partial charge in [-0.1, -0.05) is 20.8 Å². The third-order valence-electron chi connectivity index (χ3n) is 2.03. The number of rotatable bonds is 2. The van der Waals surface area contributed by atoms with Crippen LogP contribution in [0.5, 0.6) is 0 Å². The Bertz CT molecular complexity index is 79.6. The van der Waals surface area contributed by atoms with Crippen LogP contribution in [0.25, 0.3) is 0 Å². The van der Waals surface area contributed by atoms with E-state index in [0.717, 1.165) is 19.8 Å². The van der Waals surface area contributed by atoms with Gasteiger partial charge in [0.15, 0.2) is 0 Å². The van der Waals surface area contributed by atoms with Crippen LogP contribution in [-0.4, -0.2) is 37.7 Å². The molecule has 1 heterocycles. The van der Waals surface area contributed by atoms with Crippen LogP contribution in [0.3, 0.4) is 0 Å². The molecule has 68 valence electrons. The molecule has 0 radical (unpaired) electrons. The Hall–Kier alpha value is -0.0800. The Morgan fingerprint density at radius 1 is 1.45 bits per heavy atom. The zero-order valence-electron chi connectivity index (χ0n) is 8.26. The largest absolute Gasteiger partial charge is 0.380 e. The van der Waals surface area contributed by atoms with Crippen molar-refractivity contribution < 1.29 is 4.74 Å². The maximum Gasteiger partial charge on any atom is 0.0622 e. The molecule has 0 bridgehead atoms. The molecule has 0 saturated carbocycles. The summed E-state index contributed by atoms with van der Waals surface area (Å²) in [6.45, 7) is 9.20. The Kier molecular flexibility index (Phi) is 6.57. The van der Waals surface area contributed by atoms with Gasteiger partial charge in [-0.3, -0.25) is 0 Å². The van der Waals surface area contributed by atoms with Crippen molar-refractivity contribution in [2.75, 3.05) is 26.8 Å². The molecule has 2 heteroatoms. The lowest BCUT2D eigenvalue weighted by Gasteiger charge is -2.19. The van der Waals surface area contributed by atoms with E-state index < -0.39 is 0 Å². The van der Waals surface area contributed by atoms with Gasteiger partial charge >= 0.3 is 0 Å². The lowest BCUT2D eigenvalue weighted by atomic mass is 10.2. The minimum Gasteiger partial charge on any atom is -0.380 e. The molecule has 1 rings (SSSR count). The molecule has 1 aliphatic heterocycles. The lowest BCUT2D eigenvalue weighted by Crippen LogP contribution is -2.31. The third kappa shape index (κ3) is 3.73. The van der Waals surface area contributed by atoms with E-state index in [2.05, 4.69) is 18.9 Å². The van der Waals surface area contributed by atoms with Crippen LogP contribution in [-0.2, 0) is 4.74 Å². The van der Waals surface area contributed by atoms with Gasteiger partial charge in [0.05, 0.1) is 6.61 Å². The van der Waals surface area contributed by atoms with Gasteiger partial charge in [0.1, 0.15) is 0 Å². The first-order valence-electron chi connectivity index (χ1n) is 4.62. The molecule has 1 aliphatic rings. The highest BCUT2D eigenvalue weighted by molar-refractivity contribution is 4.71. The van der Waals surface area contributed by atoms with E-state index in [-0.39, 0.29) is 0 Å². The molecule has 0 aliphatic carbocycles. The fourth-order valence-electron chi connectivity index (χ4n) is 1.13. The fourth-order valence-corrected chi connectivity index (χ4v) is 1.13. The number of nitrogens with zero attached hydrogens (tertiary/aromatic N) is 1. The first kappa shape index (κ1) is 10.9. The van der Waals surface area contributed by atoms with E-state index in [1.807, 2.05) is 13.8 Å². The summed E-state index contributed by atoms with van der Waals surface area (Å²) < 4.78 is 5.24. The molecular weight excluding hydrogens is 138 g/mol. The van der Waals surface area contributed by atoms with Gasteiger partial charge in [0, 0.05) is 12.6 Å². The van der Waals surface area contributed by atoms with E-state index in [4.69, 9.17) is 4.74 Å². The van der Waals surface area contributed by atoms with Gasteiger partial charge in [0.25, 0.3) is 0 Å². The predicted octanol–water partition coefficient (Wildman–Crippen LogP) is 1.75. The molecule has 0 aromatic carbocycles. The molecule has 1 atom stereocenters. The van der Waals surface area contributed by atoms with Gasteiger partial charge in [-0.2, -0.15) is 0 Å². The highest BCUT2D eigenvalue weighted by atomic mass is 16.5. The Morgan fingerprint density at radius 3 is 2.45 bits per heavy atom. The fraction of sp³-hybridized carbons (Fsp3) is 1.00. The van der Waals surface area contributed by atoms with Crippen molar-refractivity contribution in [2.24, 2.45) is 0 Å². The average Bonchev–Trinajstić information content (AvgIpc) is 2.59. The average molecular weight is 159 g/mol. The summed E-state index contributed by atoms with van der Waals surface area (Å²) in [5.41, 5.74) is 0. The van der Waals surface area contributed by atoms with Crippen molar-refractivity contribution in [3.63, 3.8) is 0 Å². The molecular formula is C9H21NO. The molecule has 1 saturated heterocycles. The maximum atomic E-state index is 5.24. The standard InChI is InChI=1S/C7H15NO.C2H6/c1-3-8(2)7-4-5-9-6-7;1-2/h7H,3-6H2,1-2H3;1-2H3. The van der Waals surface area contributed by atoms with Crippen LogP contribution in [0.15, 0.2) is 0 Å². The summed E-state index contributed by atoms with van der Waals surface area (Å²) in [4.78, 5) is 2.34. The molecule has 0 amide bonds. The first-order chi connectivity index (χ1) is 5.34. The van der Waals surface area contributed by atoms with Crippen molar-refractivity contribution in [1.82, 2.24) is 4.90 Å². The van der Waals surface area contributed by atoms with E-state index in [1.165, 1.54) is 6.42 Å². The summed E-state index contributed by atoms with van der Waals surface area (Å²) in [5, 5.41) is 0. The van der Waals surface area contributed by atoms with E-state index >= 15 is 0 Å². The van der Waals surface area contributed by atoms with E-state index in [0.29, 0.717) is 6.04 Å². The zero-order chi connectivity index (χ0) is 8.69.